The molecule has 0 amide bonds. The molecule has 3 heterocycles. The fourth-order valence-corrected chi connectivity index (χ4v) is 3.63. The fourth-order valence-electron chi connectivity index (χ4n) is 2.67. The molecule has 0 fully saturated rings. The van der Waals surface area contributed by atoms with E-state index in [9.17, 15) is 0 Å². The van der Waals surface area contributed by atoms with Gasteiger partial charge in [0.1, 0.15) is 0 Å². The van der Waals surface area contributed by atoms with Crippen LogP contribution >= 0.6 is 22.9 Å². The molecule has 1 aromatic carbocycles. The number of anilines is 3. The summed E-state index contributed by atoms with van der Waals surface area (Å²) in [5.74, 6) is 0.777. The second kappa shape index (κ2) is 5.16. The Labute approximate surface area is 131 Å². The Kier molecular flexibility index (Phi) is 3.16. The average Bonchev–Trinajstić information content (AvgIpc) is 2.96. The SMILES string of the molecule is Clc1nc(Nc2cccc3c2CCCN3)c2sccc2n1. The topological polar surface area (TPSA) is 49.8 Å². The van der Waals surface area contributed by atoms with Crippen molar-refractivity contribution < 1.29 is 0 Å². The molecular weight excluding hydrogens is 304 g/mol. The monoisotopic (exact) mass is 316 g/mol. The largest absolute Gasteiger partial charge is 0.385 e. The maximum absolute atomic E-state index is 6.02. The smallest absolute Gasteiger partial charge is 0.224 e. The highest BCUT2D eigenvalue weighted by Gasteiger charge is 2.14. The first kappa shape index (κ1) is 12.9. The van der Waals surface area contributed by atoms with Crippen LogP contribution in [0, 0.1) is 0 Å². The summed E-state index contributed by atoms with van der Waals surface area (Å²) in [5, 5.41) is 9.15. The van der Waals surface area contributed by atoms with Crippen LogP contribution in [0.5, 0.6) is 0 Å². The van der Waals surface area contributed by atoms with E-state index in [0.29, 0.717) is 0 Å². The number of nitrogens with one attached hydrogen (secondary N) is 2. The molecule has 2 N–H and O–H groups in total. The Morgan fingerprint density at radius 1 is 1.24 bits per heavy atom. The molecule has 0 bridgehead atoms. The van der Waals surface area contributed by atoms with Crippen molar-refractivity contribution in [2.24, 2.45) is 0 Å². The lowest BCUT2D eigenvalue weighted by atomic mass is 10.0. The summed E-state index contributed by atoms with van der Waals surface area (Å²) in [6.45, 7) is 1.03. The minimum Gasteiger partial charge on any atom is -0.385 e. The molecule has 106 valence electrons. The molecule has 3 aromatic rings. The highest BCUT2D eigenvalue weighted by molar-refractivity contribution is 7.17. The van der Waals surface area contributed by atoms with Crippen LogP contribution in [0.25, 0.3) is 10.2 Å². The van der Waals surface area contributed by atoms with Crippen LogP contribution in [-0.2, 0) is 6.42 Å². The first-order valence-corrected chi connectivity index (χ1v) is 8.10. The van der Waals surface area contributed by atoms with Crippen LogP contribution in [0.15, 0.2) is 29.6 Å². The number of halogens is 1. The molecule has 4 rings (SSSR count). The predicted molar refractivity (Wildman–Crippen MR) is 89.0 cm³/mol. The molecule has 4 nitrogen and oxygen atoms in total. The van der Waals surface area contributed by atoms with Gasteiger partial charge in [-0.15, -0.1) is 11.3 Å². The van der Waals surface area contributed by atoms with E-state index in [0.717, 1.165) is 41.1 Å². The van der Waals surface area contributed by atoms with Crippen molar-refractivity contribution in [3.8, 4) is 0 Å². The van der Waals surface area contributed by atoms with E-state index in [1.165, 1.54) is 11.3 Å². The molecule has 0 saturated carbocycles. The Morgan fingerprint density at radius 3 is 3.14 bits per heavy atom. The quantitative estimate of drug-likeness (QED) is 0.686. The molecule has 0 saturated heterocycles. The highest BCUT2D eigenvalue weighted by Crippen LogP contribution is 2.34. The number of aromatic nitrogens is 2. The highest BCUT2D eigenvalue weighted by atomic mass is 35.5. The third-order valence-corrected chi connectivity index (χ3v) is 4.70. The summed E-state index contributed by atoms with van der Waals surface area (Å²) in [7, 11) is 0. The molecule has 6 heteroatoms. The first-order valence-electron chi connectivity index (χ1n) is 6.85. The average molecular weight is 317 g/mol. The number of hydrogen-bond donors (Lipinski definition) is 2. The van der Waals surface area contributed by atoms with Gasteiger partial charge in [0.2, 0.25) is 5.28 Å². The standard InChI is InChI=1S/C15H13ClN4S/c16-15-19-12-6-8-21-13(12)14(20-15)18-11-5-1-4-10-9(11)3-2-7-17-10/h1,4-6,8,17H,2-3,7H2,(H,18,19,20). The van der Waals surface area contributed by atoms with E-state index in [2.05, 4.69) is 32.7 Å². The number of thiophene rings is 1. The minimum absolute atomic E-state index is 0.270. The summed E-state index contributed by atoms with van der Waals surface area (Å²) in [5.41, 5.74) is 4.48. The molecule has 21 heavy (non-hydrogen) atoms. The number of rotatable bonds is 2. The molecule has 0 radical (unpaired) electrons. The molecule has 1 aliphatic rings. The van der Waals surface area contributed by atoms with E-state index in [4.69, 9.17) is 11.6 Å². The summed E-state index contributed by atoms with van der Waals surface area (Å²) < 4.78 is 1.03. The zero-order valence-electron chi connectivity index (χ0n) is 11.2. The lowest BCUT2D eigenvalue weighted by Gasteiger charge is -2.21. The van der Waals surface area contributed by atoms with Crippen molar-refractivity contribution in [2.75, 3.05) is 17.2 Å². The molecule has 2 aromatic heterocycles. The van der Waals surface area contributed by atoms with Crippen LogP contribution in [0.4, 0.5) is 17.2 Å². The van der Waals surface area contributed by atoms with Crippen LogP contribution in [0.1, 0.15) is 12.0 Å². The van der Waals surface area contributed by atoms with Crippen molar-refractivity contribution in [1.29, 1.82) is 0 Å². The number of nitrogens with zero attached hydrogens (tertiary/aromatic N) is 2. The van der Waals surface area contributed by atoms with E-state index in [1.807, 2.05) is 17.5 Å². The van der Waals surface area contributed by atoms with Gasteiger partial charge in [-0.3, -0.25) is 0 Å². The Bertz CT molecular complexity index is 815. The minimum atomic E-state index is 0.270. The maximum Gasteiger partial charge on any atom is 0.224 e. The number of fused-ring (bicyclic) bond motifs is 2. The molecule has 0 unspecified atom stereocenters. The second-order valence-corrected chi connectivity index (χ2v) is 6.22. The van der Waals surface area contributed by atoms with Gasteiger partial charge in [-0.2, -0.15) is 4.98 Å². The van der Waals surface area contributed by atoms with Crippen molar-refractivity contribution in [2.45, 2.75) is 12.8 Å². The molecule has 1 aliphatic heterocycles. The van der Waals surface area contributed by atoms with Crippen LogP contribution < -0.4 is 10.6 Å². The predicted octanol–water partition coefficient (Wildman–Crippen LogP) is 4.45. The summed E-state index contributed by atoms with van der Waals surface area (Å²) in [6.07, 6.45) is 2.21. The zero-order valence-corrected chi connectivity index (χ0v) is 12.8. The van der Waals surface area contributed by atoms with Gasteiger partial charge < -0.3 is 10.6 Å². The molecule has 0 spiro atoms. The van der Waals surface area contributed by atoms with Gasteiger partial charge >= 0.3 is 0 Å². The van der Waals surface area contributed by atoms with Crippen molar-refractivity contribution in [3.05, 3.63) is 40.5 Å². The van der Waals surface area contributed by atoms with Gasteiger partial charge in [-0.1, -0.05) is 6.07 Å². The van der Waals surface area contributed by atoms with Gasteiger partial charge in [0.05, 0.1) is 10.2 Å². The van der Waals surface area contributed by atoms with Crippen LogP contribution in [0.3, 0.4) is 0 Å². The van der Waals surface area contributed by atoms with E-state index in [-0.39, 0.29) is 5.28 Å². The number of benzene rings is 1. The molecular formula is C15H13ClN4S. The lowest BCUT2D eigenvalue weighted by Crippen LogP contribution is -2.13. The van der Waals surface area contributed by atoms with Gasteiger partial charge in [-0.05, 0) is 53.6 Å². The van der Waals surface area contributed by atoms with Crippen LogP contribution in [0.2, 0.25) is 5.28 Å². The normalized spacial score (nSPS) is 13.8. The Hall–Kier alpha value is -1.85. The summed E-state index contributed by atoms with van der Waals surface area (Å²) in [6, 6.07) is 8.21. The summed E-state index contributed by atoms with van der Waals surface area (Å²) >= 11 is 7.64. The van der Waals surface area contributed by atoms with Gasteiger partial charge in [0, 0.05) is 17.9 Å². The second-order valence-electron chi connectivity index (χ2n) is 4.96. The maximum atomic E-state index is 6.02. The Balaban J connectivity index is 1.80. The fraction of sp³-hybridized carbons (Fsp3) is 0.200. The van der Waals surface area contributed by atoms with Gasteiger partial charge in [0.25, 0.3) is 0 Å². The van der Waals surface area contributed by atoms with Gasteiger partial charge in [0.15, 0.2) is 5.82 Å². The van der Waals surface area contributed by atoms with E-state index >= 15 is 0 Å². The zero-order chi connectivity index (χ0) is 14.2. The van der Waals surface area contributed by atoms with Gasteiger partial charge in [-0.25, -0.2) is 4.98 Å². The third-order valence-electron chi connectivity index (χ3n) is 3.62. The first-order chi connectivity index (χ1) is 10.3. The van der Waals surface area contributed by atoms with Crippen LogP contribution in [-0.4, -0.2) is 16.5 Å². The van der Waals surface area contributed by atoms with Crippen molar-refractivity contribution in [1.82, 2.24) is 9.97 Å². The van der Waals surface area contributed by atoms with E-state index in [1.54, 1.807) is 11.3 Å². The summed E-state index contributed by atoms with van der Waals surface area (Å²) in [4.78, 5) is 8.59. The lowest BCUT2D eigenvalue weighted by molar-refractivity contribution is 0.832. The van der Waals surface area contributed by atoms with Crippen molar-refractivity contribution >= 4 is 50.3 Å². The van der Waals surface area contributed by atoms with Crippen molar-refractivity contribution in [3.63, 3.8) is 0 Å². The van der Waals surface area contributed by atoms with E-state index < -0.39 is 0 Å². The number of hydrogen-bond acceptors (Lipinski definition) is 5. The Morgan fingerprint density at radius 2 is 2.19 bits per heavy atom. The molecule has 0 atom stereocenters. The molecule has 0 aliphatic carbocycles. The third kappa shape index (κ3) is 2.32.